The van der Waals surface area contributed by atoms with Crippen LogP contribution >= 0.6 is 11.9 Å². The average Bonchev–Trinajstić information content (AvgIpc) is 2.44. The molecule has 0 radical (unpaired) electrons. The number of hydrogen-bond donors (Lipinski definition) is 0. The standard InChI is InChI=1S/C10H11NOS/c1-2-13-11-9-6-4-3-5-8(9)7-10(11)12/h3-6H,2,7H2,1H3. The molecular weight excluding hydrogens is 182 g/mol. The van der Waals surface area contributed by atoms with E-state index >= 15 is 0 Å². The number of nitrogens with zero attached hydrogens (tertiary/aromatic N) is 1. The smallest absolute Gasteiger partial charge is 0.241 e. The van der Waals surface area contributed by atoms with Crippen LogP contribution in [0.3, 0.4) is 0 Å². The van der Waals surface area contributed by atoms with Gasteiger partial charge in [-0.25, -0.2) is 0 Å². The van der Waals surface area contributed by atoms with Gasteiger partial charge in [-0.15, -0.1) is 0 Å². The van der Waals surface area contributed by atoms with E-state index in [-0.39, 0.29) is 5.91 Å². The van der Waals surface area contributed by atoms with E-state index in [9.17, 15) is 4.79 Å². The molecule has 1 aliphatic rings. The van der Waals surface area contributed by atoms with Gasteiger partial charge >= 0.3 is 0 Å². The maximum Gasteiger partial charge on any atom is 0.241 e. The lowest BCUT2D eigenvalue weighted by atomic mass is 10.2. The van der Waals surface area contributed by atoms with E-state index in [1.54, 1.807) is 16.3 Å². The van der Waals surface area contributed by atoms with Gasteiger partial charge in [-0.05, 0) is 23.6 Å². The fourth-order valence-electron chi connectivity index (χ4n) is 1.50. The summed E-state index contributed by atoms with van der Waals surface area (Å²) < 4.78 is 1.80. The van der Waals surface area contributed by atoms with E-state index in [1.807, 2.05) is 24.3 Å². The number of carbonyl (C=O) groups excluding carboxylic acids is 1. The fourth-order valence-corrected chi connectivity index (χ4v) is 2.28. The summed E-state index contributed by atoms with van der Waals surface area (Å²) in [5.74, 6) is 1.13. The first-order valence-electron chi connectivity index (χ1n) is 4.36. The van der Waals surface area contributed by atoms with E-state index in [0.717, 1.165) is 17.0 Å². The molecule has 3 heteroatoms. The summed E-state index contributed by atoms with van der Waals surface area (Å²) in [7, 11) is 0. The SMILES string of the molecule is CCSN1C(=O)Cc2ccccc21. The predicted molar refractivity (Wildman–Crippen MR) is 55.8 cm³/mol. The molecule has 13 heavy (non-hydrogen) atoms. The zero-order valence-electron chi connectivity index (χ0n) is 7.49. The maximum absolute atomic E-state index is 11.5. The summed E-state index contributed by atoms with van der Waals surface area (Å²) in [6.45, 7) is 2.05. The zero-order chi connectivity index (χ0) is 9.26. The Kier molecular flexibility index (Phi) is 2.27. The number of fused-ring (bicyclic) bond motifs is 1. The van der Waals surface area contributed by atoms with Gasteiger partial charge in [-0.3, -0.25) is 9.10 Å². The molecule has 0 N–H and O–H groups in total. The third-order valence-electron chi connectivity index (χ3n) is 2.04. The van der Waals surface area contributed by atoms with Crippen LogP contribution in [0.2, 0.25) is 0 Å². The fraction of sp³-hybridized carbons (Fsp3) is 0.300. The summed E-state index contributed by atoms with van der Waals surface area (Å²) in [5.41, 5.74) is 2.22. The van der Waals surface area contributed by atoms with Gasteiger partial charge in [0.2, 0.25) is 5.91 Å². The average molecular weight is 193 g/mol. The highest BCUT2D eigenvalue weighted by molar-refractivity contribution is 8.01. The molecular formula is C10H11NOS. The van der Waals surface area contributed by atoms with E-state index in [4.69, 9.17) is 0 Å². The lowest BCUT2D eigenvalue weighted by Crippen LogP contribution is -2.18. The minimum atomic E-state index is 0.202. The molecule has 0 aliphatic carbocycles. The molecule has 0 saturated heterocycles. The molecule has 2 rings (SSSR count). The van der Waals surface area contributed by atoms with Gasteiger partial charge in [0.1, 0.15) is 0 Å². The Morgan fingerprint density at radius 3 is 3.00 bits per heavy atom. The first kappa shape index (κ1) is 8.63. The topological polar surface area (TPSA) is 20.3 Å². The second-order valence-electron chi connectivity index (χ2n) is 2.91. The molecule has 1 amide bonds. The van der Waals surface area contributed by atoms with E-state index in [1.165, 1.54) is 0 Å². The van der Waals surface area contributed by atoms with Crippen molar-refractivity contribution >= 4 is 23.5 Å². The molecule has 1 heterocycles. The van der Waals surface area contributed by atoms with Crippen molar-refractivity contribution in [1.29, 1.82) is 0 Å². The maximum atomic E-state index is 11.5. The normalized spacial score (nSPS) is 14.8. The number of hydrogen-bond acceptors (Lipinski definition) is 2. The van der Waals surface area contributed by atoms with Crippen molar-refractivity contribution in [2.24, 2.45) is 0 Å². The van der Waals surface area contributed by atoms with Gasteiger partial charge < -0.3 is 0 Å². The van der Waals surface area contributed by atoms with Crippen LogP contribution in [0, 0.1) is 0 Å². The van der Waals surface area contributed by atoms with E-state index in [2.05, 4.69) is 6.92 Å². The van der Waals surface area contributed by atoms with Crippen LogP contribution in [-0.2, 0) is 11.2 Å². The number of anilines is 1. The summed E-state index contributed by atoms with van der Waals surface area (Å²) in [4.78, 5) is 11.5. The van der Waals surface area contributed by atoms with Crippen molar-refractivity contribution in [3.63, 3.8) is 0 Å². The summed E-state index contributed by atoms with van der Waals surface area (Å²) in [5, 5.41) is 0. The Labute approximate surface area is 82.1 Å². The van der Waals surface area contributed by atoms with Gasteiger partial charge in [0, 0.05) is 5.75 Å². The molecule has 1 aliphatic heterocycles. The van der Waals surface area contributed by atoms with Crippen LogP contribution in [0.25, 0.3) is 0 Å². The number of rotatable bonds is 2. The van der Waals surface area contributed by atoms with Crippen molar-refractivity contribution in [2.75, 3.05) is 10.1 Å². The molecule has 1 aromatic rings. The van der Waals surface area contributed by atoms with Crippen LogP contribution in [0.4, 0.5) is 5.69 Å². The largest absolute Gasteiger partial charge is 0.273 e. The highest BCUT2D eigenvalue weighted by Crippen LogP contribution is 2.33. The molecule has 0 saturated carbocycles. The second kappa shape index (κ2) is 3.42. The molecule has 1 aromatic carbocycles. The van der Waals surface area contributed by atoms with Crippen molar-refractivity contribution in [1.82, 2.24) is 0 Å². The molecule has 0 aromatic heterocycles. The minimum Gasteiger partial charge on any atom is -0.273 e. The summed E-state index contributed by atoms with van der Waals surface area (Å²) >= 11 is 1.57. The molecule has 0 spiro atoms. The van der Waals surface area contributed by atoms with E-state index in [0.29, 0.717) is 6.42 Å². The third-order valence-corrected chi connectivity index (χ3v) is 2.95. The Morgan fingerprint density at radius 2 is 2.23 bits per heavy atom. The molecule has 0 bridgehead atoms. The summed E-state index contributed by atoms with van der Waals surface area (Å²) in [6, 6.07) is 7.97. The zero-order valence-corrected chi connectivity index (χ0v) is 8.30. The number of amides is 1. The lowest BCUT2D eigenvalue weighted by Gasteiger charge is -2.13. The van der Waals surface area contributed by atoms with E-state index < -0.39 is 0 Å². The van der Waals surface area contributed by atoms with Crippen LogP contribution < -0.4 is 4.31 Å². The number of para-hydroxylation sites is 1. The van der Waals surface area contributed by atoms with Crippen molar-refractivity contribution in [2.45, 2.75) is 13.3 Å². The first-order chi connectivity index (χ1) is 6.33. The monoisotopic (exact) mass is 193 g/mol. The second-order valence-corrected chi connectivity index (χ2v) is 4.11. The molecule has 68 valence electrons. The van der Waals surface area contributed by atoms with Crippen LogP contribution in [0.15, 0.2) is 24.3 Å². The van der Waals surface area contributed by atoms with Crippen molar-refractivity contribution in [3.05, 3.63) is 29.8 Å². The Bertz CT molecular complexity index is 337. The molecule has 0 atom stereocenters. The quantitative estimate of drug-likeness (QED) is 0.671. The Morgan fingerprint density at radius 1 is 1.46 bits per heavy atom. The molecule has 0 fully saturated rings. The highest BCUT2D eigenvalue weighted by atomic mass is 32.2. The van der Waals surface area contributed by atoms with Gasteiger partial charge in [0.05, 0.1) is 12.1 Å². The minimum absolute atomic E-state index is 0.202. The van der Waals surface area contributed by atoms with Gasteiger partial charge in [-0.1, -0.05) is 25.1 Å². The van der Waals surface area contributed by atoms with Crippen LogP contribution in [0.1, 0.15) is 12.5 Å². The highest BCUT2D eigenvalue weighted by Gasteiger charge is 2.26. The third kappa shape index (κ3) is 1.44. The van der Waals surface area contributed by atoms with Gasteiger partial charge in [0.15, 0.2) is 0 Å². The van der Waals surface area contributed by atoms with Gasteiger partial charge in [-0.2, -0.15) is 0 Å². The predicted octanol–water partition coefficient (Wildman–Crippen LogP) is 2.24. The Balaban J connectivity index is 2.35. The number of carbonyl (C=O) groups is 1. The first-order valence-corrected chi connectivity index (χ1v) is 5.31. The van der Waals surface area contributed by atoms with Crippen LogP contribution in [-0.4, -0.2) is 11.7 Å². The number of benzene rings is 1. The van der Waals surface area contributed by atoms with Crippen molar-refractivity contribution < 1.29 is 4.79 Å². The van der Waals surface area contributed by atoms with Gasteiger partial charge in [0.25, 0.3) is 0 Å². The lowest BCUT2D eigenvalue weighted by molar-refractivity contribution is -0.116. The Hall–Kier alpha value is -0.960. The van der Waals surface area contributed by atoms with Crippen LogP contribution in [0.5, 0.6) is 0 Å². The van der Waals surface area contributed by atoms with Crippen molar-refractivity contribution in [3.8, 4) is 0 Å². The summed E-state index contributed by atoms with van der Waals surface area (Å²) in [6.07, 6.45) is 0.559. The molecule has 2 nitrogen and oxygen atoms in total. The molecule has 0 unspecified atom stereocenters.